The molecule has 6 heteroatoms. The zero-order chi connectivity index (χ0) is 14.3. The summed E-state index contributed by atoms with van der Waals surface area (Å²) in [5.41, 5.74) is 0.799. The van der Waals surface area contributed by atoms with Crippen LogP contribution in [0.1, 0.15) is 12.5 Å². The van der Waals surface area contributed by atoms with Crippen LogP contribution in [0, 0.1) is 10.1 Å². The van der Waals surface area contributed by atoms with Crippen LogP contribution in [0.2, 0.25) is 0 Å². The fourth-order valence-corrected chi connectivity index (χ4v) is 1.78. The smallest absolute Gasteiger partial charge is 0.319 e. The van der Waals surface area contributed by atoms with Crippen molar-refractivity contribution in [1.29, 1.82) is 0 Å². The number of carbonyl (C=O) groups is 1. The number of methoxy groups -OCH3 is 1. The van der Waals surface area contributed by atoms with Gasteiger partial charge in [-0.2, -0.15) is 0 Å². The lowest BCUT2D eigenvalue weighted by atomic mass is 10.1. The van der Waals surface area contributed by atoms with E-state index >= 15 is 0 Å². The Bertz CT molecular complexity index is 448. The highest BCUT2D eigenvalue weighted by Gasteiger charge is 2.14. The number of hydrogen-bond donors (Lipinski definition) is 0. The summed E-state index contributed by atoms with van der Waals surface area (Å²) in [6, 6.07) is 6.66. The minimum absolute atomic E-state index is 0.122. The lowest BCUT2D eigenvalue weighted by Crippen LogP contribution is -2.32. The molecule has 0 saturated heterocycles. The zero-order valence-corrected chi connectivity index (χ0v) is 11.2. The average Bonchev–Trinajstić information content (AvgIpc) is 2.43. The summed E-state index contributed by atoms with van der Waals surface area (Å²) in [6.07, 6.45) is 0.530. The Balaban J connectivity index is 2.64. The molecular formula is C13H18N2O4. The largest absolute Gasteiger partial charge is 0.468 e. The van der Waals surface area contributed by atoms with Gasteiger partial charge >= 0.3 is 5.97 Å². The maximum atomic E-state index is 11.2. The molecule has 6 nitrogen and oxygen atoms in total. The second-order valence-electron chi connectivity index (χ2n) is 4.08. The van der Waals surface area contributed by atoms with E-state index in [1.165, 1.54) is 13.2 Å². The molecule has 0 bridgehead atoms. The lowest BCUT2D eigenvalue weighted by molar-refractivity contribution is -0.385. The third kappa shape index (κ3) is 4.67. The molecule has 0 amide bonds. The Morgan fingerprint density at radius 2 is 2.11 bits per heavy atom. The van der Waals surface area contributed by atoms with Gasteiger partial charge < -0.3 is 4.74 Å². The van der Waals surface area contributed by atoms with Gasteiger partial charge in [0.25, 0.3) is 5.69 Å². The Morgan fingerprint density at radius 1 is 1.42 bits per heavy atom. The molecular weight excluding hydrogens is 248 g/mol. The predicted octanol–water partition coefficient (Wildman–Crippen LogP) is 1.63. The van der Waals surface area contributed by atoms with Crippen molar-refractivity contribution in [2.24, 2.45) is 0 Å². The monoisotopic (exact) mass is 266 g/mol. The van der Waals surface area contributed by atoms with Crippen molar-refractivity contribution in [1.82, 2.24) is 4.90 Å². The van der Waals surface area contributed by atoms with Gasteiger partial charge in [-0.1, -0.05) is 25.1 Å². The minimum Gasteiger partial charge on any atom is -0.468 e. The summed E-state index contributed by atoms with van der Waals surface area (Å²) in [5, 5.41) is 10.9. The molecule has 1 aromatic rings. The van der Waals surface area contributed by atoms with Crippen LogP contribution in [-0.2, 0) is 16.0 Å². The minimum atomic E-state index is -0.383. The molecule has 0 heterocycles. The summed E-state index contributed by atoms with van der Waals surface area (Å²) in [7, 11) is 1.35. The molecule has 1 rings (SSSR count). The first kappa shape index (κ1) is 15.1. The second-order valence-corrected chi connectivity index (χ2v) is 4.08. The summed E-state index contributed by atoms with van der Waals surface area (Å²) in [6.45, 7) is 3.40. The average molecular weight is 266 g/mol. The number of nitro groups is 1. The SMILES string of the molecule is CCN(CCc1ccccc1[N+](=O)[O-])CC(=O)OC. The molecule has 0 aliphatic carbocycles. The summed E-state index contributed by atoms with van der Waals surface area (Å²) in [5.74, 6) is -0.301. The Kier molecular flexibility index (Phi) is 5.95. The first-order valence-corrected chi connectivity index (χ1v) is 6.10. The molecule has 0 N–H and O–H groups in total. The first-order valence-electron chi connectivity index (χ1n) is 6.10. The molecule has 0 spiro atoms. The van der Waals surface area contributed by atoms with E-state index in [0.717, 1.165) is 0 Å². The molecule has 0 radical (unpaired) electrons. The number of nitro benzene ring substituents is 1. The summed E-state index contributed by atoms with van der Waals surface area (Å²) in [4.78, 5) is 23.6. The molecule has 19 heavy (non-hydrogen) atoms. The highest BCUT2D eigenvalue weighted by Crippen LogP contribution is 2.18. The normalized spacial score (nSPS) is 10.5. The van der Waals surface area contributed by atoms with Gasteiger partial charge in [-0.15, -0.1) is 0 Å². The predicted molar refractivity (Wildman–Crippen MR) is 70.9 cm³/mol. The van der Waals surface area contributed by atoms with E-state index < -0.39 is 0 Å². The van der Waals surface area contributed by atoms with Gasteiger partial charge in [-0.05, 0) is 13.0 Å². The molecule has 0 atom stereocenters. The number of hydrogen-bond acceptors (Lipinski definition) is 5. The van der Waals surface area contributed by atoms with E-state index in [4.69, 9.17) is 0 Å². The maximum absolute atomic E-state index is 11.2. The van der Waals surface area contributed by atoms with E-state index in [1.807, 2.05) is 11.8 Å². The fraction of sp³-hybridized carbons (Fsp3) is 0.462. The third-order valence-electron chi connectivity index (χ3n) is 2.91. The molecule has 0 unspecified atom stereocenters. The number of nitrogens with zero attached hydrogens (tertiary/aromatic N) is 2. The summed E-state index contributed by atoms with van der Waals surface area (Å²) >= 11 is 0. The molecule has 0 aromatic heterocycles. The first-order chi connectivity index (χ1) is 9.08. The molecule has 0 aliphatic heterocycles. The van der Waals surface area contributed by atoms with E-state index in [-0.39, 0.29) is 23.1 Å². The Labute approximate surface area is 112 Å². The number of ether oxygens (including phenoxy) is 1. The van der Waals surface area contributed by atoms with Gasteiger partial charge in [0, 0.05) is 18.2 Å². The van der Waals surface area contributed by atoms with Gasteiger partial charge in [-0.25, -0.2) is 0 Å². The van der Waals surface area contributed by atoms with E-state index in [1.54, 1.807) is 18.2 Å². The van der Waals surface area contributed by atoms with Crippen LogP contribution in [-0.4, -0.2) is 42.5 Å². The standard InChI is InChI=1S/C13H18N2O4/c1-3-14(10-13(16)19-2)9-8-11-6-4-5-7-12(11)15(17)18/h4-7H,3,8-10H2,1-2H3. The number of likely N-dealkylation sites (N-methyl/N-ethyl adjacent to an activating group) is 1. The van der Waals surface area contributed by atoms with E-state index in [2.05, 4.69) is 4.74 Å². The van der Waals surface area contributed by atoms with Gasteiger partial charge in [0.2, 0.25) is 0 Å². The number of benzene rings is 1. The van der Waals surface area contributed by atoms with Crippen LogP contribution in [0.25, 0.3) is 0 Å². The third-order valence-corrected chi connectivity index (χ3v) is 2.91. The van der Waals surface area contributed by atoms with Gasteiger partial charge in [0.05, 0.1) is 18.6 Å². The number of para-hydroxylation sites is 1. The van der Waals surface area contributed by atoms with Crippen LogP contribution >= 0.6 is 0 Å². The van der Waals surface area contributed by atoms with Crippen LogP contribution in [0.3, 0.4) is 0 Å². The van der Waals surface area contributed by atoms with Crippen LogP contribution in [0.5, 0.6) is 0 Å². The van der Waals surface area contributed by atoms with Gasteiger partial charge in [-0.3, -0.25) is 19.8 Å². The molecule has 104 valence electrons. The highest BCUT2D eigenvalue weighted by atomic mass is 16.6. The summed E-state index contributed by atoms with van der Waals surface area (Å²) < 4.78 is 4.61. The zero-order valence-electron chi connectivity index (χ0n) is 11.2. The van der Waals surface area contributed by atoms with Gasteiger partial charge in [0.15, 0.2) is 0 Å². The maximum Gasteiger partial charge on any atom is 0.319 e. The van der Waals surface area contributed by atoms with Crippen molar-refractivity contribution in [2.75, 3.05) is 26.7 Å². The topological polar surface area (TPSA) is 72.7 Å². The lowest BCUT2D eigenvalue weighted by Gasteiger charge is -2.18. The Morgan fingerprint density at radius 3 is 2.68 bits per heavy atom. The number of carbonyl (C=O) groups excluding carboxylic acids is 1. The molecule has 0 aliphatic rings. The van der Waals surface area contributed by atoms with Crippen LogP contribution in [0.15, 0.2) is 24.3 Å². The van der Waals surface area contributed by atoms with Crippen molar-refractivity contribution in [2.45, 2.75) is 13.3 Å². The molecule has 0 fully saturated rings. The Hall–Kier alpha value is -1.95. The molecule has 1 aromatic carbocycles. The van der Waals surface area contributed by atoms with E-state index in [0.29, 0.717) is 25.1 Å². The quantitative estimate of drug-likeness (QED) is 0.426. The number of rotatable bonds is 7. The van der Waals surface area contributed by atoms with Gasteiger partial charge in [0.1, 0.15) is 0 Å². The number of esters is 1. The van der Waals surface area contributed by atoms with Crippen molar-refractivity contribution in [3.8, 4) is 0 Å². The highest BCUT2D eigenvalue weighted by molar-refractivity contribution is 5.71. The van der Waals surface area contributed by atoms with E-state index in [9.17, 15) is 14.9 Å². The van der Waals surface area contributed by atoms with Crippen LogP contribution in [0.4, 0.5) is 5.69 Å². The second kappa shape index (κ2) is 7.48. The fourth-order valence-electron chi connectivity index (χ4n) is 1.78. The van der Waals surface area contributed by atoms with Crippen molar-refractivity contribution in [3.05, 3.63) is 39.9 Å². The van der Waals surface area contributed by atoms with Crippen molar-refractivity contribution < 1.29 is 14.5 Å². The molecule has 0 saturated carbocycles. The van der Waals surface area contributed by atoms with Crippen molar-refractivity contribution >= 4 is 11.7 Å². The van der Waals surface area contributed by atoms with Crippen molar-refractivity contribution in [3.63, 3.8) is 0 Å². The van der Waals surface area contributed by atoms with Crippen LogP contribution < -0.4 is 0 Å².